The van der Waals surface area contributed by atoms with E-state index < -0.39 is 0 Å². The third-order valence-corrected chi connectivity index (χ3v) is 4.67. The highest BCUT2D eigenvalue weighted by Crippen LogP contribution is 2.19. The maximum absolute atomic E-state index is 13.0. The van der Waals surface area contributed by atoms with E-state index in [0.717, 1.165) is 38.9 Å². The van der Waals surface area contributed by atoms with Crippen molar-refractivity contribution in [2.45, 2.75) is 32.7 Å². The fraction of sp³-hybridized carbons (Fsp3) is 0.474. The summed E-state index contributed by atoms with van der Waals surface area (Å²) in [5.41, 5.74) is 6.48. The van der Waals surface area contributed by atoms with E-state index in [1.54, 1.807) is 12.1 Å². The number of aromatic nitrogens is 3. The SMILES string of the molecule is CCCNC(=O)C1CCN(Cc2nc(N)nc(Nc3ccc(F)cc3)n2)CC1. The van der Waals surface area contributed by atoms with E-state index in [1.165, 1.54) is 12.1 Å². The maximum atomic E-state index is 13.0. The van der Waals surface area contributed by atoms with E-state index in [2.05, 4.69) is 30.5 Å². The molecule has 28 heavy (non-hydrogen) atoms. The van der Waals surface area contributed by atoms with Gasteiger partial charge in [-0.15, -0.1) is 0 Å². The Hall–Kier alpha value is -2.81. The number of piperidine rings is 1. The molecule has 8 nitrogen and oxygen atoms in total. The third kappa shape index (κ3) is 5.59. The van der Waals surface area contributed by atoms with Gasteiger partial charge in [0, 0.05) is 18.2 Å². The fourth-order valence-corrected chi connectivity index (χ4v) is 3.17. The Labute approximate surface area is 163 Å². The van der Waals surface area contributed by atoms with Crippen LogP contribution < -0.4 is 16.4 Å². The van der Waals surface area contributed by atoms with Gasteiger partial charge in [-0.25, -0.2) is 4.39 Å². The molecule has 2 aromatic rings. The summed E-state index contributed by atoms with van der Waals surface area (Å²) in [4.78, 5) is 27.0. The van der Waals surface area contributed by atoms with Gasteiger partial charge in [0.2, 0.25) is 17.8 Å². The van der Waals surface area contributed by atoms with Crippen LogP contribution in [-0.2, 0) is 11.3 Å². The van der Waals surface area contributed by atoms with Crippen LogP contribution in [0.25, 0.3) is 0 Å². The van der Waals surface area contributed by atoms with E-state index in [9.17, 15) is 9.18 Å². The summed E-state index contributed by atoms with van der Waals surface area (Å²) in [6.45, 7) is 4.91. The average molecular weight is 387 g/mol. The predicted octanol–water partition coefficient (Wildman–Crippen LogP) is 2.07. The van der Waals surface area contributed by atoms with E-state index >= 15 is 0 Å². The van der Waals surface area contributed by atoms with Crippen LogP contribution in [0.1, 0.15) is 32.0 Å². The van der Waals surface area contributed by atoms with E-state index in [0.29, 0.717) is 24.0 Å². The largest absolute Gasteiger partial charge is 0.368 e. The number of amides is 1. The molecule has 1 fully saturated rings. The molecule has 1 aromatic carbocycles. The van der Waals surface area contributed by atoms with Gasteiger partial charge in [0.15, 0.2) is 0 Å². The number of carbonyl (C=O) groups excluding carboxylic acids is 1. The molecule has 1 amide bonds. The summed E-state index contributed by atoms with van der Waals surface area (Å²) < 4.78 is 13.0. The fourth-order valence-electron chi connectivity index (χ4n) is 3.17. The van der Waals surface area contributed by atoms with Gasteiger partial charge in [-0.2, -0.15) is 15.0 Å². The molecule has 1 aromatic heterocycles. The Morgan fingerprint density at radius 1 is 1.21 bits per heavy atom. The van der Waals surface area contributed by atoms with Crippen molar-refractivity contribution < 1.29 is 9.18 Å². The van der Waals surface area contributed by atoms with Gasteiger partial charge in [-0.3, -0.25) is 9.69 Å². The zero-order valence-electron chi connectivity index (χ0n) is 16.0. The van der Waals surface area contributed by atoms with E-state index in [-0.39, 0.29) is 23.6 Å². The summed E-state index contributed by atoms with van der Waals surface area (Å²) in [7, 11) is 0. The van der Waals surface area contributed by atoms with Crippen LogP contribution in [0, 0.1) is 11.7 Å². The second-order valence-electron chi connectivity index (χ2n) is 6.91. The average Bonchev–Trinajstić information content (AvgIpc) is 2.68. The Bertz CT molecular complexity index is 791. The molecule has 9 heteroatoms. The van der Waals surface area contributed by atoms with Crippen molar-refractivity contribution >= 4 is 23.5 Å². The van der Waals surface area contributed by atoms with Crippen LogP contribution in [-0.4, -0.2) is 45.4 Å². The number of nitrogens with one attached hydrogen (secondary N) is 2. The van der Waals surface area contributed by atoms with Crippen LogP contribution >= 0.6 is 0 Å². The number of halogens is 1. The Morgan fingerprint density at radius 2 is 1.93 bits per heavy atom. The molecule has 0 saturated carbocycles. The lowest BCUT2D eigenvalue weighted by molar-refractivity contribution is -0.126. The molecule has 1 saturated heterocycles. The van der Waals surface area contributed by atoms with Gasteiger partial charge in [0.25, 0.3) is 0 Å². The number of likely N-dealkylation sites (tertiary alicyclic amines) is 1. The molecular formula is C19H26FN7O. The lowest BCUT2D eigenvalue weighted by atomic mass is 9.96. The van der Waals surface area contributed by atoms with Gasteiger partial charge >= 0.3 is 0 Å². The smallest absolute Gasteiger partial charge is 0.232 e. The molecule has 0 bridgehead atoms. The first-order valence-electron chi connectivity index (χ1n) is 9.56. The normalized spacial score (nSPS) is 15.4. The first kappa shape index (κ1) is 19.9. The molecule has 0 unspecified atom stereocenters. The number of nitrogen functional groups attached to an aromatic ring is 1. The lowest BCUT2D eigenvalue weighted by Gasteiger charge is -2.30. The second-order valence-corrected chi connectivity index (χ2v) is 6.91. The molecule has 150 valence electrons. The van der Waals surface area contributed by atoms with E-state index in [1.807, 2.05) is 6.92 Å². The summed E-state index contributed by atoms with van der Waals surface area (Å²) in [6, 6.07) is 5.91. The molecule has 0 aliphatic carbocycles. The molecular weight excluding hydrogens is 361 g/mol. The Balaban J connectivity index is 1.57. The number of benzene rings is 1. The molecule has 4 N–H and O–H groups in total. The quantitative estimate of drug-likeness (QED) is 0.667. The second kappa shape index (κ2) is 9.41. The first-order valence-corrected chi connectivity index (χ1v) is 9.56. The highest BCUT2D eigenvalue weighted by molar-refractivity contribution is 5.78. The number of nitrogens with zero attached hydrogens (tertiary/aromatic N) is 4. The van der Waals surface area contributed by atoms with Crippen LogP contribution in [0.2, 0.25) is 0 Å². The van der Waals surface area contributed by atoms with Gasteiger partial charge < -0.3 is 16.4 Å². The minimum absolute atomic E-state index is 0.0712. The van der Waals surface area contributed by atoms with Crippen LogP contribution in [0.4, 0.5) is 22.0 Å². The van der Waals surface area contributed by atoms with E-state index in [4.69, 9.17) is 5.73 Å². The first-order chi connectivity index (χ1) is 13.5. The highest BCUT2D eigenvalue weighted by atomic mass is 19.1. The monoisotopic (exact) mass is 387 g/mol. The maximum Gasteiger partial charge on any atom is 0.232 e. The van der Waals surface area contributed by atoms with Crippen LogP contribution in [0.15, 0.2) is 24.3 Å². The molecule has 1 aliphatic heterocycles. The minimum atomic E-state index is -0.312. The number of hydrogen-bond acceptors (Lipinski definition) is 7. The van der Waals surface area contributed by atoms with Crippen molar-refractivity contribution in [3.05, 3.63) is 35.9 Å². The summed E-state index contributed by atoms with van der Waals surface area (Å²) in [5.74, 6) is 0.921. The molecule has 1 aliphatic rings. The van der Waals surface area contributed by atoms with Crippen molar-refractivity contribution in [2.24, 2.45) is 5.92 Å². The number of nitrogens with two attached hydrogens (primary N) is 1. The zero-order chi connectivity index (χ0) is 19.9. The summed E-state index contributed by atoms with van der Waals surface area (Å²) >= 11 is 0. The number of hydrogen-bond donors (Lipinski definition) is 3. The van der Waals surface area contributed by atoms with Crippen molar-refractivity contribution in [3.8, 4) is 0 Å². The molecule has 0 spiro atoms. The van der Waals surface area contributed by atoms with Gasteiger partial charge in [-0.05, 0) is 56.6 Å². The Morgan fingerprint density at radius 3 is 2.61 bits per heavy atom. The summed E-state index contributed by atoms with van der Waals surface area (Å²) in [5, 5.41) is 5.98. The number of anilines is 3. The van der Waals surface area contributed by atoms with Crippen molar-refractivity contribution in [1.82, 2.24) is 25.2 Å². The van der Waals surface area contributed by atoms with Crippen molar-refractivity contribution in [2.75, 3.05) is 30.7 Å². The molecule has 2 heterocycles. The standard InChI is InChI=1S/C19H26FN7O/c1-2-9-22-17(28)13-7-10-27(11-8-13)12-16-24-18(21)26-19(25-16)23-15-5-3-14(20)4-6-15/h3-6,13H,2,7-12H2,1H3,(H,22,28)(H3,21,23,24,25,26). The predicted molar refractivity (Wildman–Crippen MR) is 105 cm³/mol. The highest BCUT2D eigenvalue weighted by Gasteiger charge is 2.25. The molecule has 0 radical (unpaired) electrons. The van der Waals surface area contributed by atoms with Gasteiger partial charge in [-0.1, -0.05) is 6.92 Å². The van der Waals surface area contributed by atoms with Crippen LogP contribution in [0.3, 0.4) is 0 Å². The summed E-state index contributed by atoms with van der Waals surface area (Å²) in [6.07, 6.45) is 2.58. The van der Waals surface area contributed by atoms with Gasteiger partial charge in [0.1, 0.15) is 11.6 Å². The lowest BCUT2D eigenvalue weighted by Crippen LogP contribution is -2.40. The van der Waals surface area contributed by atoms with Gasteiger partial charge in [0.05, 0.1) is 6.54 Å². The van der Waals surface area contributed by atoms with Crippen molar-refractivity contribution in [3.63, 3.8) is 0 Å². The zero-order valence-corrected chi connectivity index (χ0v) is 16.0. The van der Waals surface area contributed by atoms with Crippen LogP contribution in [0.5, 0.6) is 0 Å². The molecule has 3 rings (SSSR count). The number of rotatable bonds is 7. The topological polar surface area (TPSA) is 109 Å². The molecule has 0 atom stereocenters. The minimum Gasteiger partial charge on any atom is -0.368 e. The van der Waals surface area contributed by atoms with Crippen molar-refractivity contribution in [1.29, 1.82) is 0 Å². The number of carbonyl (C=O) groups is 1. The Kier molecular flexibility index (Phi) is 6.70. The third-order valence-electron chi connectivity index (χ3n) is 4.67.